The second-order valence-corrected chi connectivity index (χ2v) is 7.95. The molecule has 0 spiro atoms. The summed E-state index contributed by atoms with van der Waals surface area (Å²) in [5, 5.41) is 0.359. The van der Waals surface area contributed by atoms with Crippen molar-refractivity contribution < 1.29 is 23.9 Å². The number of carbonyl (C=O) groups excluding carboxylic acids is 3. The summed E-state index contributed by atoms with van der Waals surface area (Å²) in [6, 6.07) is 15.0. The molecule has 0 atom stereocenters. The molecule has 0 heterocycles. The van der Waals surface area contributed by atoms with E-state index < -0.39 is 11.8 Å². The fraction of sp³-hybridized carbons (Fsp3) is 0.318. The molecule has 0 aliphatic carbocycles. The average Bonchev–Trinajstić information content (AvgIpc) is 2.75. The van der Waals surface area contributed by atoms with Gasteiger partial charge in [0.1, 0.15) is 5.75 Å². The molecule has 0 fully saturated rings. The number of aryl methyl sites for hydroxylation is 1. The zero-order valence-electron chi connectivity index (χ0n) is 16.9. The molecule has 2 N–H and O–H groups in total. The molecule has 31 heavy (non-hydrogen) atoms. The predicted molar refractivity (Wildman–Crippen MR) is 121 cm³/mol. The monoisotopic (exact) mass is 510 g/mol. The summed E-state index contributed by atoms with van der Waals surface area (Å²) in [5.41, 5.74) is 5.72. The molecule has 0 aliphatic rings. The van der Waals surface area contributed by atoms with E-state index in [1.807, 2.05) is 30.3 Å². The van der Waals surface area contributed by atoms with Crippen LogP contribution in [0.3, 0.4) is 0 Å². The van der Waals surface area contributed by atoms with E-state index in [9.17, 15) is 14.4 Å². The van der Waals surface area contributed by atoms with Crippen molar-refractivity contribution >= 4 is 45.3 Å². The molecule has 0 saturated carbocycles. The Bertz CT molecular complexity index is 879. The molecule has 2 aromatic rings. The van der Waals surface area contributed by atoms with E-state index in [4.69, 9.17) is 21.1 Å². The number of hydrogen-bond donors (Lipinski definition) is 2. The van der Waals surface area contributed by atoms with Gasteiger partial charge in [0.25, 0.3) is 5.91 Å². The van der Waals surface area contributed by atoms with Gasteiger partial charge in [0, 0.05) is 17.3 Å². The third-order valence-corrected chi connectivity index (χ3v) is 4.88. The molecule has 0 saturated heterocycles. The highest BCUT2D eigenvalue weighted by molar-refractivity contribution is 9.10. The fourth-order valence-corrected chi connectivity index (χ4v) is 3.27. The molecule has 0 aliphatic heterocycles. The third kappa shape index (κ3) is 10.3. The van der Waals surface area contributed by atoms with Gasteiger partial charge in [0.15, 0.2) is 6.61 Å². The van der Waals surface area contributed by atoms with Crippen LogP contribution in [0.5, 0.6) is 5.75 Å². The molecule has 7 nitrogen and oxygen atoms in total. The quantitative estimate of drug-likeness (QED) is 0.270. The Morgan fingerprint density at radius 2 is 1.68 bits per heavy atom. The Kier molecular flexibility index (Phi) is 10.9. The summed E-state index contributed by atoms with van der Waals surface area (Å²) < 4.78 is 11.2. The van der Waals surface area contributed by atoms with Gasteiger partial charge in [0.05, 0.1) is 11.6 Å². The number of hydrazine groups is 1. The van der Waals surface area contributed by atoms with E-state index >= 15 is 0 Å². The number of rotatable bonds is 11. The maximum Gasteiger partial charge on any atom is 0.305 e. The number of ether oxygens (including phenoxy) is 2. The second kappa shape index (κ2) is 13.7. The summed E-state index contributed by atoms with van der Waals surface area (Å²) in [6.45, 7) is 0.0370. The second-order valence-electron chi connectivity index (χ2n) is 6.62. The molecule has 0 unspecified atom stereocenters. The van der Waals surface area contributed by atoms with Gasteiger partial charge in [-0.3, -0.25) is 25.2 Å². The number of carbonyl (C=O) groups is 3. The number of halogens is 2. The molecular formula is C22H24BrClN2O5. The van der Waals surface area contributed by atoms with Gasteiger partial charge in [-0.25, -0.2) is 0 Å². The molecule has 0 aromatic heterocycles. The molecule has 0 bridgehead atoms. The molecular weight excluding hydrogens is 488 g/mol. The number of esters is 1. The Morgan fingerprint density at radius 3 is 2.42 bits per heavy atom. The lowest BCUT2D eigenvalue weighted by atomic mass is 10.1. The van der Waals surface area contributed by atoms with Crippen LogP contribution in [0.15, 0.2) is 53.0 Å². The molecule has 2 amide bonds. The van der Waals surface area contributed by atoms with E-state index in [1.165, 1.54) is 5.56 Å². The van der Waals surface area contributed by atoms with Crippen LogP contribution < -0.4 is 15.6 Å². The van der Waals surface area contributed by atoms with Gasteiger partial charge in [-0.15, -0.1) is 0 Å². The van der Waals surface area contributed by atoms with Crippen molar-refractivity contribution in [1.29, 1.82) is 0 Å². The van der Waals surface area contributed by atoms with Gasteiger partial charge in [0.2, 0.25) is 5.91 Å². The van der Waals surface area contributed by atoms with Crippen molar-refractivity contribution in [2.24, 2.45) is 0 Å². The van der Waals surface area contributed by atoms with Crippen LogP contribution in [-0.4, -0.2) is 31.0 Å². The number of benzene rings is 2. The lowest BCUT2D eigenvalue weighted by Crippen LogP contribution is -2.43. The van der Waals surface area contributed by atoms with Gasteiger partial charge in [-0.2, -0.15) is 0 Å². The van der Waals surface area contributed by atoms with Crippen molar-refractivity contribution in [2.75, 3.05) is 13.2 Å². The summed E-state index contributed by atoms with van der Waals surface area (Å²) >= 11 is 9.27. The van der Waals surface area contributed by atoms with E-state index in [0.29, 0.717) is 23.8 Å². The Balaban J connectivity index is 1.51. The van der Waals surface area contributed by atoms with E-state index in [-0.39, 0.29) is 25.4 Å². The topological polar surface area (TPSA) is 93.7 Å². The van der Waals surface area contributed by atoms with Crippen LogP contribution in [0.4, 0.5) is 0 Å². The highest BCUT2D eigenvalue weighted by Crippen LogP contribution is 2.27. The summed E-state index contributed by atoms with van der Waals surface area (Å²) in [4.78, 5) is 35.2. The summed E-state index contributed by atoms with van der Waals surface area (Å²) in [6.07, 6.45) is 2.13. The molecule has 0 radical (unpaired) electrons. The van der Waals surface area contributed by atoms with Crippen LogP contribution >= 0.6 is 27.5 Å². The minimum atomic E-state index is -0.537. The molecule has 2 rings (SSSR count). The number of hydrogen-bond acceptors (Lipinski definition) is 5. The first-order valence-electron chi connectivity index (χ1n) is 9.79. The molecule has 9 heteroatoms. The average molecular weight is 512 g/mol. The van der Waals surface area contributed by atoms with Gasteiger partial charge < -0.3 is 9.47 Å². The van der Waals surface area contributed by atoms with E-state index in [0.717, 1.165) is 17.3 Å². The Hall–Kier alpha value is -2.58. The van der Waals surface area contributed by atoms with Crippen molar-refractivity contribution in [2.45, 2.75) is 32.1 Å². The first-order valence-corrected chi connectivity index (χ1v) is 11.0. The van der Waals surface area contributed by atoms with Crippen LogP contribution in [0.1, 0.15) is 31.2 Å². The third-order valence-electron chi connectivity index (χ3n) is 4.09. The van der Waals surface area contributed by atoms with Crippen molar-refractivity contribution in [3.8, 4) is 5.75 Å². The lowest BCUT2D eigenvalue weighted by molar-refractivity contribution is -0.144. The molecule has 166 valence electrons. The Morgan fingerprint density at radius 1 is 0.935 bits per heavy atom. The largest absolute Gasteiger partial charge is 0.482 e. The number of nitrogens with one attached hydrogen (secondary N) is 2. The van der Waals surface area contributed by atoms with Crippen LogP contribution in [0, 0.1) is 0 Å². The van der Waals surface area contributed by atoms with Gasteiger partial charge >= 0.3 is 5.97 Å². The van der Waals surface area contributed by atoms with Crippen molar-refractivity contribution in [1.82, 2.24) is 10.9 Å². The first-order chi connectivity index (χ1) is 14.9. The maximum atomic E-state index is 11.8. The zero-order valence-corrected chi connectivity index (χ0v) is 19.2. The first kappa shape index (κ1) is 24.7. The van der Waals surface area contributed by atoms with Crippen molar-refractivity contribution in [3.63, 3.8) is 0 Å². The minimum absolute atomic E-state index is 0.0821. The molecule has 2 aromatic carbocycles. The van der Waals surface area contributed by atoms with E-state index in [1.54, 1.807) is 18.2 Å². The smallest absolute Gasteiger partial charge is 0.305 e. The summed E-state index contributed by atoms with van der Waals surface area (Å²) in [7, 11) is 0. The van der Waals surface area contributed by atoms with E-state index in [2.05, 4.69) is 26.8 Å². The van der Waals surface area contributed by atoms with Crippen LogP contribution in [0.2, 0.25) is 5.02 Å². The SMILES string of the molecule is O=C(CCCC(=O)OCCCc1ccccc1)NNC(=O)COc1ccc(Br)cc1Cl. The minimum Gasteiger partial charge on any atom is -0.482 e. The predicted octanol–water partition coefficient (Wildman–Crippen LogP) is 3.98. The van der Waals surface area contributed by atoms with Crippen molar-refractivity contribution in [3.05, 3.63) is 63.6 Å². The highest BCUT2D eigenvalue weighted by Gasteiger charge is 2.09. The fourth-order valence-electron chi connectivity index (χ4n) is 2.55. The van der Waals surface area contributed by atoms with Crippen LogP contribution in [-0.2, 0) is 25.5 Å². The van der Waals surface area contributed by atoms with Crippen LogP contribution in [0.25, 0.3) is 0 Å². The van der Waals surface area contributed by atoms with Gasteiger partial charge in [-0.05, 0) is 43.0 Å². The van der Waals surface area contributed by atoms with Gasteiger partial charge in [-0.1, -0.05) is 57.9 Å². The standard InChI is InChI=1S/C22H24BrClN2O5/c23-17-11-12-19(18(24)14-17)31-15-21(28)26-25-20(27)9-4-10-22(29)30-13-5-8-16-6-2-1-3-7-16/h1-3,6-7,11-12,14H,4-5,8-10,13,15H2,(H,25,27)(H,26,28). The Labute approximate surface area is 194 Å². The summed E-state index contributed by atoms with van der Waals surface area (Å²) in [5.74, 6) is -0.935. The lowest BCUT2D eigenvalue weighted by Gasteiger charge is -2.10. The zero-order chi connectivity index (χ0) is 22.5. The number of amides is 2. The normalized spacial score (nSPS) is 10.3. The maximum absolute atomic E-state index is 11.8. The highest BCUT2D eigenvalue weighted by atomic mass is 79.9.